The fourth-order valence-electron chi connectivity index (χ4n) is 1.68. The Morgan fingerprint density at radius 2 is 2.31 bits per heavy atom. The first-order valence-corrected chi connectivity index (χ1v) is 4.41. The predicted molar refractivity (Wildman–Crippen MR) is 45.0 cm³/mol. The third-order valence-corrected chi connectivity index (χ3v) is 2.21. The first kappa shape index (κ1) is 10.0. The van der Waals surface area contributed by atoms with E-state index < -0.39 is 17.9 Å². The fourth-order valence-corrected chi connectivity index (χ4v) is 1.68. The number of carbonyl (C=O) groups excluding carboxylic acids is 1. The van der Waals surface area contributed by atoms with Crippen molar-refractivity contribution < 1.29 is 19.4 Å². The van der Waals surface area contributed by atoms with Crippen LogP contribution in [0.3, 0.4) is 0 Å². The number of hydrogen-bond acceptors (Lipinski definition) is 3. The zero-order chi connectivity index (χ0) is 10.0. The van der Waals surface area contributed by atoms with E-state index >= 15 is 0 Å². The van der Waals surface area contributed by atoms with E-state index in [9.17, 15) is 9.59 Å². The minimum atomic E-state index is -1.06. The van der Waals surface area contributed by atoms with Crippen LogP contribution in [0.4, 0.5) is 0 Å². The van der Waals surface area contributed by atoms with Crippen molar-refractivity contribution >= 4 is 11.9 Å². The third kappa shape index (κ3) is 2.20. The molecule has 0 spiro atoms. The van der Waals surface area contributed by atoms with E-state index in [1.807, 2.05) is 13.8 Å². The Morgan fingerprint density at radius 1 is 1.69 bits per heavy atom. The second-order valence-electron chi connectivity index (χ2n) is 3.84. The maximum atomic E-state index is 11.0. The van der Waals surface area contributed by atoms with Crippen LogP contribution in [0.5, 0.6) is 0 Å². The largest absolute Gasteiger partial charge is 0.481 e. The molecule has 1 rings (SSSR count). The van der Waals surface area contributed by atoms with Crippen LogP contribution in [-0.4, -0.2) is 23.7 Å². The second-order valence-corrected chi connectivity index (χ2v) is 3.84. The average Bonchev–Trinajstić information content (AvgIpc) is 2.30. The van der Waals surface area contributed by atoms with Crippen LogP contribution in [0.15, 0.2) is 0 Å². The molecule has 0 bridgehead atoms. The van der Waals surface area contributed by atoms with E-state index in [-0.39, 0.29) is 12.5 Å². The molecule has 13 heavy (non-hydrogen) atoms. The van der Waals surface area contributed by atoms with Crippen molar-refractivity contribution in [3.05, 3.63) is 0 Å². The number of ether oxygens (including phenoxy) is 1. The number of esters is 1. The summed E-state index contributed by atoms with van der Waals surface area (Å²) < 4.78 is 4.72. The molecule has 4 heteroatoms. The summed E-state index contributed by atoms with van der Waals surface area (Å²) in [6.07, 6.45) is 0.725. The molecule has 1 N–H and O–H groups in total. The first-order chi connectivity index (χ1) is 6.02. The van der Waals surface area contributed by atoms with Gasteiger partial charge in [0.15, 0.2) is 5.92 Å². The zero-order valence-corrected chi connectivity index (χ0v) is 7.82. The maximum Gasteiger partial charge on any atom is 0.320 e. The maximum absolute atomic E-state index is 11.0. The quantitative estimate of drug-likeness (QED) is 0.525. The van der Waals surface area contributed by atoms with Crippen molar-refractivity contribution in [2.24, 2.45) is 17.8 Å². The number of hydrogen-bond donors (Lipinski definition) is 1. The number of carbonyl (C=O) groups is 2. The molecule has 2 atom stereocenters. The van der Waals surface area contributed by atoms with Gasteiger partial charge in [0.1, 0.15) is 0 Å². The van der Waals surface area contributed by atoms with Gasteiger partial charge in [0, 0.05) is 5.92 Å². The summed E-state index contributed by atoms with van der Waals surface area (Å²) in [5, 5.41) is 8.77. The number of aliphatic carboxylic acids is 1. The van der Waals surface area contributed by atoms with Crippen LogP contribution in [0.2, 0.25) is 0 Å². The van der Waals surface area contributed by atoms with Crippen molar-refractivity contribution in [2.45, 2.75) is 20.3 Å². The normalized spacial score (nSPS) is 27.8. The highest BCUT2D eigenvalue weighted by atomic mass is 16.5. The molecule has 0 saturated carbocycles. The average molecular weight is 186 g/mol. The van der Waals surface area contributed by atoms with Gasteiger partial charge in [-0.25, -0.2) is 0 Å². The van der Waals surface area contributed by atoms with Gasteiger partial charge in [-0.15, -0.1) is 0 Å². The van der Waals surface area contributed by atoms with Crippen molar-refractivity contribution in [2.75, 3.05) is 6.61 Å². The number of carboxylic acid groups (broad SMARTS) is 1. The zero-order valence-electron chi connectivity index (χ0n) is 7.82. The molecule has 1 aliphatic rings. The molecule has 0 aromatic heterocycles. The van der Waals surface area contributed by atoms with Gasteiger partial charge in [-0.1, -0.05) is 13.8 Å². The lowest BCUT2D eigenvalue weighted by atomic mass is 9.88. The molecule has 1 heterocycles. The lowest BCUT2D eigenvalue weighted by Gasteiger charge is -2.12. The minimum Gasteiger partial charge on any atom is -0.481 e. The number of cyclic esters (lactones) is 1. The van der Waals surface area contributed by atoms with Gasteiger partial charge in [-0.05, 0) is 12.3 Å². The SMILES string of the molecule is CC(C)C[C@@H]1COC(=O)C1C(=O)O. The van der Waals surface area contributed by atoms with Crippen LogP contribution in [0, 0.1) is 17.8 Å². The molecule has 1 fully saturated rings. The Kier molecular flexibility index (Phi) is 2.90. The third-order valence-electron chi connectivity index (χ3n) is 2.21. The van der Waals surface area contributed by atoms with Gasteiger partial charge < -0.3 is 9.84 Å². The first-order valence-electron chi connectivity index (χ1n) is 4.41. The van der Waals surface area contributed by atoms with Crippen molar-refractivity contribution in [1.29, 1.82) is 0 Å². The summed E-state index contributed by atoms with van der Waals surface area (Å²) in [5.41, 5.74) is 0. The number of carboxylic acids is 1. The highest BCUT2D eigenvalue weighted by molar-refractivity contribution is 5.95. The van der Waals surface area contributed by atoms with Crippen LogP contribution < -0.4 is 0 Å². The van der Waals surface area contributed by atoms with Crippen LogP contribution >= 0.6 is 0 Å². The van der Waals surface area contributed by atoms with Gasteiger partial charge in [0.25, 0.3) is 0 Å². The highest BCUT2D eigenvalue weighted by Crippen LogP contribution is 2.28. The van der Waals surface area contributed by atoms with E-state index in [1.165, 1.54) is 0 Å². The van der Waals surface area contributed by atoms with Gasteiger partial charge in [-0.3, -0.25) is 9.59 Å². The van der Waals surface area contributed by atoms with Crippen LogP contribution in [0.25, 0.3) is 0 Å². The Labute approximate surface area is 76.9 Å². The Balaban J connectivity index is 2.64. The highest BCUT2D eigenvalue weighted by Gasteiger charge is 2.42. The molecule has 0 aromatic rings. The minimum absolute atomic E-state index is 0.148. The second kappa shape index (κ2) is 3.77. The molecule has 1 saturated heterocycles. The monoisotopic (exact) mass is 186 g/mol. The summed E-state index contributed by atoms with van der Waals surface area (Å²) >= 11 is 0. The molecule has 1 aliphatic heterocycles. The van der Waals surface area contributed by atoms with Crippen molar-refractivity contribution in [3.63, 3.8) is 0 Å². The molecule has 0 aromatic carbocycles. The van der Waals surface area contributed by atoms with Gasteiger partial charge in [-0.2, -0.15) is 0 Å². The lowest BCUT2D eigenvalue weighted by molar-refractivity contribution is -0.152. The van der Waals surface area contributed by atoms with Crippen molar-refractivity contribution in [3.8, 4) is 0 Å². The predicted octanol–water partition coefficient (Wildman–Crippen LogP) is 0.906. The van der Waals surface area contributed by atoms with Crippen LogP contribution in [0.1, 0.15) is 20.3 Å². The summed E-state index contributed by atoms with van der Waals surface area (Å²) in [5.74, 6) is -2.35. The van der Waals surface area contributed by atoms with E-state index in [0.29, 0.717) is 5.92 Å². The van der Waals surface area contributed by atoms with E-state index in [1.54, 1.807) is 0 Å². The van der Waals surface area contributed by atoms with Gasteiger partial charge in [0.05, 0.1) is 6.61 Å². The molecule has 0 radical (unpaired) electrons. The molecule has 0 amide bonds. The lowest BCUT2D eigenvalue weighted by Crippen LogP contribution is -2.26. The fraction of sp³-hybridized carbons (Fsp3) is 0.778. The smallest absolute Gasteiger partial charge is 0.320 e. The Hall–Kier alpha value is -1.06. The van der Waals surface area contributed by atoms with Gasteiger partial charge in [0.2, 0.25) is 0 Å². The molecule has 74 valence electrons. The summed E-state index contributed by atoms with van der Waals surface area (Å²) in [6, 6.07) is 0. The standard InChI is InChI=1S/C9H14O4/c1-5(2)3-6-4-13-9(12)7(6)8(10)11/h5-7H,3-4H2,1-2H3,(H,10,11)/t6-,7?/m1/s1. The molecule has 0 aliphatic carbocycles. The van der Waals surface area contributed by atoms with Crippen molar-refractivity contribution in [1.82, 2.24) is 0 Å². The Bertz CT molecular complexity index is 222. The Morgan fingerprint density at radius 3 is 2.77 bits per heavy atom. The topological polar surface area (TPSA) is 63.6 Å². The van der Waals surface area contributed by atoms with Gasteiger partial charge >= 0.3 is 11.9 Å². The molecular weight excluding hydrogens is 172 g/mol. The number of rotatable bonds is 3. The molecule has 1 unspecified atom stereocenters. The summed E-state index contributed by atoms with van der Waals surface area (Å²) in [4.78, 5) is 21.7. The van der Waals surface area contributed by atoms with E-state index in [4.69, 9.17) is 9.84 Å². The van der Waals surface area contributed by atoms with E-state index in [2.05, 4.69) is 0 Å². The molecule has 4 nitrogen and oxygen atoms in total. The molecular formula is C9H14O4. The van der Waals surface area contributed by atoms with Crippen LogP contribution in [-0.2, 0) is 14.3 Å². The van der Waals surface area contributed by atoms with E-state index in [0.717, 1.165) is 6.42 Å². The summed E-state index contributed by atoms with van der Waals surface area (Å²) in [6.45, 7) is 4.26. The summed E-state index contributed by atoms with van der Waals surface area (Å²) in [7, 11) is 0.